The zero-order chi connectivity index (χ0) is 10.1. The maximum Gasteiger partial charge on any atom is 0.245 e. The summed E-state index contributed by atoms with van der Waals surface area (Å²) in [4.78, 5) is 0. The molecule has 4 heteroatoms. The first-order valence-corrected chi connectivity index (χ1v) is 4.82. The van der Waals surface area contributed by atoms with E-state index in [9.17, 15) is 0 Å². The molecule has 0 fully saturated rings. The van der Waals surface area contributed by atoms with Gasteiger partial charge in [-0.15, -0.1) is 0 Å². The fourth-order valence-corrected chi connectivity index (χ4v) is 1.53. The Balaban J connectivity index is 2.55. The Morgan fingerprint density at radius 1 is 1.29 bits per heavy atom. The molecule has 0 aliphatic carbocycles. The van der Waals surface area contributed by atoms with Crippen molar-refractivity contribution < 1.29 is 4.52 Å². The minimum absolute atomic E-state index is 0.128. The van der Waals surface area contributed by atoms with Crippen LogP contribution in [0.15, 0.2) is 28.8 Å². The SMILES string of the molecule is Cc1cccc(-c2noc(Cl)c2Cl)c1. The molecule has 1 heterocycles. The number of hydrogen-bond donors (Lipinski definition) is 0. The van der Waals surface area contributed by atoms with Gasteiger partial charge in [-0.1, -0.05) is 40.5 Å². The number of benzene rings is 1. The second kappa shape index (κ2) is 3.64. The highest BCUT2D eigenvalue weighted by Gasteiger charge is 2.13. The Morgan fingerprint density at radius 3 is 2.64 bits per heavy atom. The van der Waals surface area contributed by atoms with E-state index in [-0.39, 0.29) is 5.22 Å². The summed E-state index contributed by atoms with van der Waals surface area (Å²) < 4.78 is 4.77. The molecule has 0 saturated carbocycles. The maximum atomic E-state index is 5.91. The van der Waals surface area contributed by atoms with E-state index in [2.05, 4.69) is 5.16 Å². The molecule has 0 radical (unpaired) electrons. The molecule has 2 aromatic rings. The van der Waals surface area contributed by atoms with Crippen molar-refractivity contribution in [3.8, 4) is 11.3 Å². The number of nitrogens with zero attached hydrogens (tertiary/aromatic N) is 1. The summed E-state index contributed by atoms with van der Waals surface area (Å²) in [6.07, 6.45) is 0. The lowest BCUT2D eigenvalue weighted by atomic mass is 10.1. The van der Waals surface area contributed by atoms with Gasteiger partial charge in [0.25, 0.3) is 0 Å². The van der Waals surface area contributed by atoms with E-state index in [1.165, 1.54) is 0 Å². The minimum Gasteiger partial charge on any atom is -0.342 e. The molecule has 2 nitrogen and oxygen atoms in total. The van der Waals surface area contributed by atoms with Crippen LogP contribution in [0.25, 0.3) is 11.3 Å². The van der Waals surface area contributed by atoms with Crippen LogP contribution in [0.1, 0.15) is 5.56 Å². The fourth-order valence-electron chi connectivity index (χ4n) is 1.23. The van der Waals surface area contributed by atoms with E-state index >= 15 is 0 Å². The first-order chi connectivity index (χ1) is 6.68. The highest BCUT2D eigenvalue weighted by Crippen LogP contribution is 2.32. The van der Waals surface area contributed by atoms with Crippen molar-refractivity contribution in [1.29, 1.82) is 0 Å². The molecule has 2 rings (SSSR count). The van der Waals surface area contributed by atoms with Gasteiger partial charge in [0.05, 0.1) is 0 Å². The Labute approximate surface area is 91.4 Å². The van der Waals surface area contributed by atoms with Crippen molar-refractivity contribution in [3.05, 3.63) is 40.1 Å². The number of hydrogen-bond acceptors (Lipinski definition) is 2. The van der Waals surface area contributed by atoms with Crippen LogP contribution in [0.5, 0.6) is 0 Å². The molecule has 0 unspecified atom stereocenters. The van der Waals surface area contributed by atoms with Crippen LogP contribution in [-0.2, 0) is 0 Å². The lowest BCUT2D eigenvalue weighted by Gasteiger charge is -1.97. The van der Waals surface area contributed by atoms with Crippen molar-refractivity contribution in [2.45, 2.75) is 6.92 Å². The van der Waals surface area contributed by atoms with Gasteiger partial charge in [-0.05, 0) is 24.6 Å². The molecular weight excluding hydrogens is 221 g/mol. The third kappa shape index (κ3) is 1.63. The van der Waals surface area contributed by atoms with Crippen LogP contribution < -0.4 is 0 Å². The molecule has 0 N–H and O–H groups in total. The third-order valence-electron chi connectivity index (χ3n) is 1.89. The van der Waals surface area contributed by atoms with Crippen molar-refractivity contribution in [1.82, 2.24) is 5.16 Å². The van der Waals surface area contributed by atoms with Crippen LogP contribution >= 0.6 is 23.2 Å². The first kappa shape index (κ1) is 9.56. The van der Waals surface area contributed by atoms with Crippen molar-refractivity contribution in [2.75, 3.05) is 0 Å². The summed E-state index contributed by atoms with van der Waals surface area (Å²) in [7, 11) is 0. The van der Waals surface area contributed by atoms with Gasteiger partial charge in [0.1, 0.15) is 10.7 Å². The molecule has 0 aliphatic rings. The molecule has 1 aromatic carbocycles. The van der Waals surface area contributed by atoms with E-state index < -0.39 is 0 Å². The van der Waals surface area contributed by atoms with E-state index in [1.807, 2.05) is 31.2 Å². The molecule has 0 aliphatic heterocycles. The summed E-state index contributed by atoms with van der Waals surface area (Å²) in [6.45, 7) is 2.00. The predicted octanol–water partition coefficient (Wildman–Crippen LogP) is 3.96. The molecule has 0 atom stereocenters. The lowest BCUT2D eigenvalue weighted by Crippen LogP contribution is -1.79. The topological polar surface area (TPSA) is 26.0 Å². The largest absolute Gasteiger partial charge is 0.342 e. The summed E-state index contributed by atoms with van der Waals surface area (Å²) in [5.74, 6) is 0. The second-order valence-corrected chi connectivity index (χ2v) is 3.71. The number of aromatic nitrogens is 1. The van der Waals surface area contributed by atoms with Gasteiger partial charge in [0, 0.05) is 5.56 Å². The number of rotatable bonds is 1. The molecule has 1 aromatic heterocycles. The summed E-state index contributed by atoms with van der Waals surface area (Å²) in [5, 5.41) is 4.27. The molecule has 0 amide bonds. The van der Waals surface area contributed by atoms with Crippen molar-refractivity contribution in [3.63, 3.8) is 0 Å². The van der Waals surface area contributed by atoms with E-state index in [4.69, 9.17) is 27.7 Å². The van der Waals surface area contributed by atoms with Gasteiger partial charge in [0.2, 0.25) is 5.22 Å². The van der Waals surface area contributed by atoms with Gasteiger partial charge in [0.15, 0.2) is 0 Å². The van der Waals surface area contributed by atoms with E-state index in [0.29, 0.717) is 10.7 Å². The summed E-state index contributed by atoms with van der Waals surface area (Å²) in [5.41, 5.74) is 2.63. The van der Waals surface area contributed by atoms with Crippen molar-refractivity contribution >= 4 is 23.2 Å². The monoisotopic (exact) mass is 227 g/mol. The maximum absolute atomic E-state index is 5.91. The number of halogens is 2. The van der Waals surface area contributed by atoms with Gasteiger partial charge in [-0.3, -0.25) is 0 Å². The average molecular weight is 228 g/mol. The molecule has 0 saturated heterocycles. The average Bonchev–Trinajstić information content (AvgIpc) is 2.48. The highest BCUT2D eigenvalue weighted by atomic mass is 35.5. The van der Waals surface area contributed by atoms with Crippen LogP contribution in [0.3, 0.4) is 0 Å². The normalized spacial score (nSPS) is 10.5. The molecule has 0 bridgehead atoms. The Bertz CT molecular complexity index is 465. The smallest absolute Gasteiger partial charge is 0.245 e. The van der Waals surface area contributed by atoms with E-state index in [0.717, 1.165) is 11.1 Å². The van der Waals surface area contributed by atoms with Gasteiger partial charge in [-0.25, -0.2) is 0 Å². The minimum atomic E-state index is 0.128. The first-order valence-electron chi connectivity index (χ1n) is 4.06. The van der Waals surface area contributed by atoms with Crippen LogP contribution in [0.2, 0.25) is 10.2 Å². The zero-order valence-corrected chi connectivity index (χ0v) is 8.93. The van der Waals surface area contributed by atoms with Crippen molar-refractivity contribution in [2.24, 2.45) is 0 Å². The van der Waals surface area contributed by atoms with Gasteiger partial charge < -0.3 is 4.52 Å². The second-order valence-electron chi connectivity index (χ2n) is 2.99. The third-order valence-corrected chi connectivity index (χ3v) is 2.59. The molecule has 72 valence electrons. The van der Waals surface area contributed by atoms with Gasteiger partial charge in [-0.2, -0.15) is 0 Å². The summed E-state index contributed by atoms with van der Waals surface area (Å²) >= 11 is 11.6. The fraction of sp³-hybridized carbons (Fsp3) is 0.100. The standard InChI is InChI=1S/C10H7Cl2NO/c1-6-3-2-4-7(5-6)9-8(11)10(12)14-13-9/h2-5H,1H3. The van der Waals surface area contributed by atoms with Gasteiger partial charge >= 0.3 is 0 Å². The Morgan fingerprint density at radius 2 is 2.07 bits per heavy atom. The predicted molar refractivity (Wildman–Crippen MR) is 56.7 cm³/mol. The molecular formula is C10H7Cl2NO. The number of aryl methyl sites for hydroxylation is 1. The van der Waals surface area contributed by atoms with E-state index in [1.54, 1.807) is 0 Å². The Hall–Kier alpha value is -0.990. The quantitative estimate of drug-likeness (QED) is 0.738. The van der Waals surface area contributed by atoms with Crippen LogP contribution in [-0.4, -0.2) is 5.16 Å². The van der Waals surface area contributed by atoms with Crippen LogP contribution in [0, 0.1) is 6.92 Å². The lowest BCUT2D eigenvalue weighted by molar-refractivity contribution is 0.424. The Kier molecular flexibility index (Phi) is 2.48. The summed E-state index contributed by atoms with van der Waals surface area (Å²) in [6, 6.07) is 7.82. The molecule has 0 spiro atoms. The van der Waals surface area contributed by atoms with Crippen LogP contribution in [0.4, 0.5) is 0 Å². The zero-order valence-electron chi connectivity index (χ0n) is 7.42. The molecule has 14 heavy (non-hydrogen) atoms. The highest BCUT2D eigenvalue weighted by molar-refractivity contribution is 6.42.